The van der Waals surface area contributed by atoms with Crippen molar-refractivity contribution in [1.82, 2.24) is 0 Å². The van der Waals surface area contributed by atoms with Crippen LogP contribution in [-0.2, 0) is 4.74 Å². The third-order valence-electron chi connectivity index (χ3n) is 3.02. The van der Waals surface area contributed by atoms with Gasteiger partial charge in [0.15, 0.2) is 11.2 Å². The maximum absolute atomic E-state index is 14.7. The average Bonchev–Trinajstić information content (AvgIpc) is 2.32. The van der Waals surface area contributed by atoms with Crippen molar-refractivity contribution in [3.05, 3.63) is 11.9 Å². The maximum atomic E-state index is 14.7. The summed E-state index contributed by atoms with van der Waals surface area (Å²) < 4.78 is 46.2. The Labute approximate surface area is 101 Å². The molecule has 0 fully saturated rings. The van der Waals surface area contributed by atoms with Crippen molar-refractivity contribution in [2.45, 2.75) is 24.1 Å². The van der Waals surface area contributed by atoms with Crippen LogP contribution in [0.25, 0.3) is 0 Å². The van der Waals surface area contributed by atoms with Crippen molar-refractivity contribution >= 4 is 12.1 Å². The van der Waals surface area contributed by atoms with Crippen molar-refractivity contribution in [2.75, 3.05) is 13.2 Å². The minimum atomic E-state index is -3.07. The molecule has 0 saturated heterocycles. The molecule has 100 valence electrons. The van der Waals surface area contributed by atoms with Gasteiger partial charge in [0.05, 0.1) is 6.61 Å². The molecule has 0 aromatic heterocycles. The Hall–Kier alpha value is -1.57. The second-order valence-corrected chi connectivity index (χ2v) is 4.27. The highest BCUT2D eigenvalue weighted by molar-refractivity contribution is 5.84. The summed E-state index contributed by atoms with van der Waals surface area (Å²) in [5.41, 5.74) is 5.90. The van der Waals surface area contributed by atoms with Gasteiger partial charge < -0.3 is 16.2 Å². The van der Waals surface area contributed by atoms with Gasteiger partial charge in [-0.1, -0.05) is 0 Å². The summed E-state index contributed by atoms with van der Waals surface area (Å²) in [4.78, 5) is 7.17. The molecule has 0 aliphatic carbocycles. The lowest BCUT2D eigenvalue weighted by molar-refractivity contribution is -0.0672. The van der Waals surface area contributed by atoms with E-state index < -0.39 is 24.2 Å². The Morgan fingerprint density at radius 2 is 2.11 bits per heavy atom. The number of rotatable bonds is 2. The molecular weight excluding hydrogens is 249 g/mol. The van der Waals surface area contributed by atoms with Crippen LogP contribution in [0.5, 0.6) is 0 Å². The molecule has 2 atom stereocenters. The molecule has 1 unspecified atom stereocenters. The predicted molar refractivity (Wildman–Crippen MR) is 60.4 cm³/mol. The number of halogens is 3. The number of ether oxygens (including phenoxy) is 1. The highest BCUT2D eigenvalue weighted by Crippen LogP contribution is 2.41. The fourth-order valence-corrected chi connectivity index (χ4v) is 1.96. The molecule has 18 heavy (non-hydrogen) atoms. The molecule has 4 N–H and O–H groups in total. The van der Waals surface area contributed by atoms with E-state index in [1.807, 2.05) is 0 Å². The quantitative estimate of drug-likeness (QED) is 0.753. The van der Waals surface area contributed by atoms with Gasteiger partial charge in [-0.3, -0.25) is 4.99 Å². The first-order valence-electron chi connectivity index (χ1n) is 5.29. The molecule has 5 nitrogen and oxygen atoms in total. The Morgan fingerprint density at radius 3 is 2.61 bits per heavy atom. The monoisotopic (exact) mass is 262 g/mol. The third kappa shape index (κ3) is 1.86. The number of alkyl halides is 3. The summed E-state index contributed by atoms with van der Waals surface area (Å²) in [7, 11) is 0. The number of nitrogens with two attached hydrogens (primary N) is 2. The van der Waals surface area contributed by atoms with Crippen LogP contribution >= 0.6 is 0 Å². The largest absolute Gasteiger partial charge is 0.386 e. The van der Waals surface area contributed by atoms with E-state index in [9.17, 15) is 13.2 Å². The van der Waals surface area contributed by atoms with Crippen LogP contribution in [0, 0.1) is 0 Å². The topological polar surface area (TPSA) is 86.0 Å². The predicted octanol–water partition coefficient (Wildman–Crippen LogP) is 0.361. The molecule has 2 aliphatic rings. The highest BCUT2D eigenvalue weighted by atomic mass is 19.3. The van der Waals surface area contributed by atoms with Gasteiger partial charge in [0.25, 0.3) is 6.43 Å². The second-order valence-electron chi connectivity index (χ2n) is 4.27. The van der Waals surface area contributed by atoms with Gasteiger partial charge in [0.2, 0.25) is 0 Å². The molecule has 0 aromatic rings. The first-order chi connectivity index (χ1) is 8.40. The summed E-state index contributed by atoms with van der Waals surface area (Å²) in [6.07, 6.45) is -1.41. The SMILES string of the molecule is NC1=CCC(F)([C@@]2(C(F)F)COCC(N)=N2)C=N1. The van der Waals surface area contributed by atoms with E-state index >= 15 is 0 Å². The maximum Gasteiger partial charge on any atom is 0.269 e. The third-order valence-corrected chi connectivity index (χ3v) is 3.02. The minimum Gasteiger partial charge on any atom is -0.386 e. The molecular formula is C10H13F3N4O. The van der Waals surface area contributed by atoms with Crippen molar-refractivity contribution in [3.63, 3.8) is 0 Å². The zero-order valence-corrected chi connectivity index (χ0v) is 9.44. The van der Waals surface area contributed by atoms with Crippen LogP contribution in [0.1, 0.15) is 6.42 Å². The number of allylic oxidation sites excluding steroid dienone is 1. The lowest BCUT2D eigenvalue weighted by Gasteiger charge is -2.41. The van der Waals surface area contributed by atoms with Gasteiger partial charge in [-0.2, -0.15) is 0 Å². The van der Waals surface area contributed by atoms with Gasteiger partial charge in [0.1, 0.15) is 18.3 Å². The molecule has 2 rings (SSSR count). The van der Waals surface area contributed by atoms with E-state index in [2.05, 4.69) is 9.98 Å². The summed E-state index contributed by atoms with van der Waals surface area (Å²) >= 11 is 0. The van der Waals surface area contributed by atoms with Crippen LogP contribution in [0.3, 0.4) is 0 Å². The van der Waals surface area contributed by atoms with Gasteiger partial charge in [0, 0.05) is 12.6 Å². The number of nitrogens with zero attached hydrogens (tertiary/aromatic N) is 2. The zero-order valence-electron chi connectivity index (χ0n) is 9.44. The highest BCUT2D eigenvalue weighted by Gasteiger charge is 2.59. The second kappa shape index (κ2) is 4.27. The van der Waals surface area contributed by atoms with E-state index in [0.717, 1.165) is 6.21 Å². The normalized spacial score (nSPS) is 36.4. The van der Waals surface area contributed by atoms with Crippen LogP contribution in [-0.4, -0.2) is 42.9 Å². The number of hydrogen-bond donors (Lipinski definition) is 2. The number of amidine groups is 1. The standard InChI is InChI=1S/C10H13F3N4O/c11-8(12)10(5-18-3-7(15)17-10)9(13)2-1-6(14)16-4-9/h1,4,8H,2-3,5,14H2,(H2,15,17)/t9?,10-/m0/s1. The first kappa shape index (κ1) is 12.9. The Morgan fingerprint density at radius 1 is 1.39 bits per heavy atom. The Kier molecular flexibility index (Phi) is 3.05. The minimum absolute atomic E-state index is 0.0837. The summed E-state index contributed by atoms with van der Waals surface area (Å²) in [6, 6.07) is 0. The summed E-state index contributed by atoms with van der Waals surface area (Å²) in [5, 5.41) is 0. The van der Waals surface area contributed by atoms with E-state index in [0.29, 0.717) is 0 Å². The van der Waals surface area contributed by atoms with Crippen LogP contribution in [0.2, 0.25) is 0 Å². The summed E-state index contributed by atoms with van der Waals surface area (Å²) in [6.45, 7) is -0.638. The molecule has 0 spiro atoms. The van der Waals surface area contributed by atoms with Crippen molar-refractivity contribution in [3.8, 4) is 0 Å². The van der Waals surface area contributed by atoms with E-state index in [1.54, 1.807) is 0 Å². The van der Waals surface area contributed by atoms with Gasteiger partial charge >= 0.3 is 0 Å². The Balaban J connectivity index is 2.43. The molecule has 2 heterocycles. The molecule has 0 saturated carbocycles. The fraction of sp³-hybridized carbons (Fsp3) is 0.600. The van der Waals surface area contributed by atoms with Crippen molar-refractivity contribution < 1.29 is 17.9 Å². The van der Waals surface area contributed by atoms with E-state index in [4.69, 9.17) is 16.2 Å². The smallest absolute Gasteiger partial charge is 0.269 e. The average molecular weight is 262 g/mol. The van der Waals surface area contributed by atoms with Crippen molar-refractivity contribution in [2.24, 2.45) is 21.5 Å². The molecule has 0 amide bonds. The van der Waals surface area contributed by atoms with Gasteiger partial charge in [-0.15, -0.1) is 0 Å². The molecule has 0 radical (unpaired) electrons. The molecule has 0 aromatic carbocycles. The van der Waals surface area contributed by atoms with Crippen LogP contribution in [0.4, 0.5) is 13.2 Å². The lowest BCUT2D eigenvalue weighted by atomic mass is 9.79. The van der Waals surface area contributed by atoms with E-state index in [1.165, 1.54) is 6.08 Å². The van der Waals surface area contributed by atoms with E-state index in [-0.39, 0.29) is 24.7 Å². The van der Waals surface area contributed by atoms with Crippen LogP contribution in [0.15, 0.2) is 21.9 Å². The molecule has 2 aliphatic heterocycles. The Bertz CT molecular complexity index is 437. The van der Waals surface area contributed by atoms with Gasteiger partial charge in [-0.25, -0.2) is 18.2 Å². The molecule has 8 heteroatoms. The first-order valence-corrected chi connectivity index (χ1v) is 5.29. The lowest BCUT2D eigenvalue weighted by Crippen LogP contribution is -2.62. The molecule has 0 bridgehead atoms. The number of hydrogen-bond acceptors (Lipinski definition) is 5. The van der Waals surface area contributed by atoms with Crippen LogP contribution < -0.4 is 11.5 Å². The van der Waals surface area contributed by atoms with Crippen molar-refractivity contribution in [1.29, 1.82) is 0 Å². The number of aliphatic imine (C=N–C) groups is 2. The zero-order chi connectivity index (χ0) is 13.4. The fourth-order valence-electron chi connectivity index (χ4n) is 1.96. The summed E-state index contributed by atoms with van der Waals surface area (Å²) in [5.74, 6) is -0.0733. The van der Waals surface area contributed by atoms with Gasteiger partial charge in [-0.05, 0) is 6.08 Å².